The van der Waals surface area contributed by atoms with Gasteiger partial charge < -0.3 is 35.5 Å². The van der Waals surface area contributed by atoms with Crippen molar-refractivity contribution in [2.24, 2.45) is 5.92 Å². The SMILES string of the molecule is O=C(NCC1CCCCC1)c1ccc2nc([C@@H]3O[C@H](CO)[C@H](O)[C@H](O)[C@H]3O)[nH]c2c1. The van der Waals surface area contributed by atoms with Gasteiger partial charge in [-0.15, -0.1) is 0 Å². The minimum Gasteiger partial charge on any atom is -0.394 e. The van der Waals surface area contributed by atoms with E-state index in [9.17, 15) is 25.2 Å². The van der Waals surface area contributed by atoms with Crippen LogP contribution in [0.3, 0.4) is 0 Å². The van der Waals surface area contributed by atoms with Crippen molar-refractivity contribution in [2.45, 2.75) is 62.6 Å². The number of carbonyl (C=O) groups is 1. The topological polar surface area (TPSA) is 148 Å². The smallest absolute Gasteiger partial charge is 0.251 e. The summed E-state index contributed by atoms with van der Waals surface area (Å²) in [6.45, 7) is 0.170. The molecule has 1 saturated heterocycles. The third-order valence-corrected chi connectivity index (χ3v) is 6.20. The fraction of sp³-hybridized carbons (Fsp3) is 0.619. The highest BCUT2D eigenvalue weighted by Gasteiger charge is 2.45. The van der Waals surface area contributed by atoms with Crippen molar-refractivity contribution in [1.82, 2.24) is 15.3 Å². The van der Waals surface area contributed by atoms with Gasteiger partial charge in [0.2, 0.25) is 0 Å². The monoisotopic (exact) mass is 419 g/mol. The molecule has 2 aliphatic rings. The van der Waals surface area contributed by atoms with Gasteiger partial charge >= 0.3 is 0 Å². The maximum absolute atomic E-state index is 12.6. The second-order valence-electron chi connectivity index (χ2n) is 8.32. The number of imidazole rings is 1. The summed E-state index contributed by atoms with van der Waals surface area (Å²) < 4.78 is 5.55. The molecule has 1 amide bonds. The lowest BCUT2D eigenvalue weighted by Crippen LogP contribution is -2.55. The van der Waals surface area contributed by atoms with Crippen LogP contribution in [0.15, 0.2) is 18.2 Å². The van der Waals surface area contributed by atoms with Crippen LogP contribution in [0, 0.1) is 5.92 Å². The first-order valence-electron chi connectivity index (χ1n) is 10.6. The molecule has 0 unspecified atom stereocenters. The van der Waals surface area contributed by atoms with Crippen LogP contribution in [0.25, 0.3) is 11.0 Å². The summed E-state index contributed by atoms with van der Waals surface area (Å²) >= 11 is 0. The van der Waals surface area contributed by atoms with E-state index in [-0.39, 0.29) is 11.7 Å². The fourth-order valence-corrected chi connectivity index (χ4v) is 4.36. The number of nitrogens with one attached hydrogen (secondary N) is 2. The molecule has 0 bridgehead atoms. The molecule has 30 heavy (non-hydrogen) atoms. The molecule has 0 radical (unpaired) electrons. The number of hydrogen-bond donors (Lipinski definition) is 6. The number of rotatable bonds is 5. The van der Waals surface area contributed by atoms with Gasteiger partial charge in [0.25, 0.3) is 5.91 Å². The Morgan fingerprint density at radius 3 is 2.63 bits per heavy atom. The second-order valence-corrected chi connectivity index (χ2v) is 8.32. The largest absolute Gasteiger partial charge is 0.394 e. The van der Waals surface area contributed by atoms with E-state index in [2.05, 4.69) is 15.3 Å². The molecule has 0 spiro atoms. The molecule has 1 aromatic heterocycles. The third kappa shape index (κ3) is 4.21. The molecule has 1 saturated carbocycles. The van der Waals surface area contributed by atoms with Crippen LogP contribution in [-0.2, 0) is 4.74 Å². The van der Waals surface area contributed by atoms with Gasteiger partial charge in [0, 0.05) is 12.1 Å². The standard InChI is InChI=1S/C21H29N3O6/c25-10-15-16(26)17(27)18(28)19(30-15)20-23-13-7-6-12(8-14(13)24-20)21(29)22-9-11-4-2-1-3-5-11/h6-8,11,15-19,25-28H,1-5,9-10H2,(H,22,29)(H,23,24)/t15-,16+,17+,18-,19-/m1/s1. The van der Waals surface area contributed by atoms with E-state index in [1.807, 2.05) is 0 Å². The van der Waals surface area contributed by atoms with Crippen LogP contribution < -0.4 is 5.32 Å². The minimum atomic E-state index is -1.48. The normalized spacial score (nSPS) is 30.5. The van der Waals surface area contributed by atoms with Gasteiger partial charge in [0.05, 0.1) is 17.6 Å². The van der Waals surface area contributed by atoms with Gasteiger partial charge in [-0.2, -0.15) is 0 Å². The molecule has 9 nitrogen and oxygen atoms in total. The number of aromatic nitrogens is 2. The Balaban J connectivity index is 1.48. The van der Waals surface area contributed by atoms with Crippen LogP contribution in [-0.4, -0.2) is 73.9 Å². The summed E-state index contributed by atoms with van der Waals surface area (Å²) in [6, 6.07) is 5.08. The van der Waals surface area contributed by atoms with E-state index in [1.54, 1.807) is 18.2 Å². The second kappa shape index (κ2) is 8.99. The summed E-state index contributed by atoms with van der Waals surface area (Å²) in [5, 5.41) is 42.6. The molecule has 2 heterocycles. The molecule has 1 aliphatic carbocycles. The van der Waals surface area contributed by atoms with Gasteiger partial charge in [-0.1, -0.05) is 19.3 Å². The predicted octanol–water partition coefficient (Wildman–Crippen LogP) is 0.388. The lowest BCUT2D eigenvalue weighted by molar-refractivity contribution is -0.233. The Morgan fingerprint density at radius 2 is 1.90 bits per heavy atom. The minimum absolute atomic E-state index is 0.147. The van der Waals surface area contributed by atoms with Crippen LogP contribution >= 0.6 is 0 Å². The highest BCUT2D eigenvalue weighted by molar-refractivity contribution is 5.97. The number of aliphatic hydroxyl groups excluding tert-OH is 4. The van der Waals surface area contributed by atoms with Crippen molar-refractivity contribution in [3.8, 4) is 0 Å². The lowest BCUT2D eigenvalue weighted by Gasteiger charge is -2.39. The predicted molar refractivity (Wildman–Crippen MR) is 108 cm³/mol. The molecule has 2 aromatic rings. The Morgan fingerprint density at radius 1 is 1.13 bits per heavy atom. The van der Waals surface area contributed by atoms with Crippen LogP contribution in [0.1, 0.15) is 54.4 Å². The number of nitrogens with zero attached hydrogens (tertiary/aromatic N) is 1. The molecule has 4 rings (SSSR count). The summed E-state index contributed by atoms with van der Waals surface area (Å²) in [4.78, 5) is 20.0. The van der Waals surface area contributed by atoms with Gasteiger partial charge in [-0.3, -0.25) is 4.79 Å². The number of carbonyl (C=O) groups excluding carboxylic acids is 1. The van der Waals surface area contributed by atoms with Crippen molar-refractivity contribution < 1.29 is 30.0 Å². The zero-order valence-corrected chi connectivity index (χ0v) is 16.7. The number of fused-ring (bicyclic) bond motifs is 1. The van der Waals surface area contributed by atoms with Crippen molar-refractivity contribution in [1.29, 1.82) is 0 Å². The number of H-pyrrole nitrogens is 1. The summed E-state index contributed by atoms with van der Waals surface area (Å²) in [5.74, 6) is 0.643. The average Bonchev–Trinajstić information content (AvgIpc) is 3.20. The molecule has 1 aliphatic heterocycles. The van der Waals surface area contributed by atoms with Crippen molar-refractivity contribution in [3.05, 3.63) is 29.6 Å². The van der Waals surface area contributed by atoms with Gasteiger partial charge in [-0.25, -0.2) is 4.98 Å². The van der Waals surface area contributed by atoms with E-state index in [0.717, 1.165) is 12.8 Å². The summed E-state index contributed by atoms with van der Waals surface area (Å²) in [7, 11) is 0. The van der Waals surface area contributed by atoms with Gasteiger partial charge in [0.1, 0.15) is 36.3 Å². The number of ether oxygens (including phenoxy) is 1. The number of aliphatic hydroxyl groups is 4. The molecule has 1 aromatic carbocycles. The zero-order chi connectivity index (χ0) is 21.3. The maximum Gasteiger partial charge on any atom is 0.251 e. The summed E-state index contributed by atoms with van der Waals surface area (Å²) in [6.07, 6.45) is -0.341. The van der Waals surface area contributed by atoms with Crippen molar-refractivity contribution >= 4 is 16.9 Å². The Hall–Kier alpha value is -2.04. The first-order valence-corrected chi connectivity index (χ1v) is 10.6. The first kappa shape index (κ1) is 21.2. The Bertz CT molecular complexity index is 879. The number of hydrogen-bond acceptors (Lipinski definition) is 7. The van der Waals surface area contributed by atoms with Crippen molar-refractivity contribution in [3.63, 3.8) is 0 Å². The number of amides is 1. The van der Waals surface area contributed by atoms with E-state index in [1.165, 1.54) is 19.3 Å². The van der Waals surface area contributed by atoms with Crippen LogP contribution in [0.5, 0.6) is 0 Å². The molecular formula is C21H29N3O6. The fourth-order valence-electron chi connectivity index (χ4n) is 4.36. The van der Waals surface area contributed by atoms with Crippen LogP contribution in [0.4, 0.5) is 0 Å². The van der Waals surface area contributed by atoms with E-state index >= 15 is 0 Å². The first-order chi connectivity index (χ1) is 14.5. The van der Waals surface area contributed by atoms with Gasteiger partial charge in [-0.05, 0) is 37.0 Å². The van der Waals surface area contributed by atoms with Gasteiger partial charge in [0.15, 0.2) is 0 Å². The lowest BCUT2D eigenvalue weighted by atomic mass is 9.89. The van der Waals surface area contributed by atoms with Crippen molar-refractivity contribution in [2.75, 3.05) is 13.2 Å². The third-order valence-electron chi connectivity index (χ3n) is 6.20. The molecular weight excluding hydrogens is 390 g/mol. The van der Waals surface area contributed by atoms with E-state index in [4.69, 9.17) is 4.74 Å². The highest BCUT2D eigenvalue weighted by Crippen LogP contribution is 2.32. The molecule has 2 fully saturated rings. The molecule has 9 heteroatoms. The Kier molecular flexibility index (Phi) is 6.35. The molecule has 6 N–H and O–H groups in total. The van der Waals surface area contributed by atoms with E-state index < -0.39 is 37.1 Å². The Labute approximate surface area is 174 Å². The quantitative estimate of drug-likeness (QED) is 0.411. The summed E-state index contributed by atoms with van der Waals surface area (Å²) in [5.41, 5.74) is 1.67. The molecule has 5 atom stereocenters. The van der Waals surface area contributed by atoms with E-state index in [0.29, 0.717) is 29.1 Å². The highest BCUT2D eigenvalue weighted by atomic mass is 16.5. The zero-order valence-electron chi connectivity index (χ0n) is 16.7. The number of aromatic amines is 1. The average molecular weight is 419 g/mol. The maximum atomic E-state index is 12.6. The molecule has 164 valence electrons. The van der Waals surface area contributed by atoms with Crippen LogP contribution in [0.2, 0.25) is 0 Å². The number of benzene rings is 1.